The van der Waals surface area contributed by atoms with Crippen LogP contribution in [0, 0.1) is 0 Å². The molecule has 0 saturated heterocycles. The molecule has 0 aliphatic carbocycles. The summed E-state index contributed by atoms with van der Waals surface area (Å²) >= 11 is 0. The number of aliphatic carboxylic acids is 1. The van der Waals surface area contributed by atoms with Gasteiger partial charge in [-0.2, -0.15) is 8.42 Å². The molecule has 0 aromatic heterocycles. The summed E-state index contributed by atoms with van der Waals surface area (Å²) in [6, 6.07) is 0. The summed E-state index contributed by atoms with van der Waals surface area (Å²) in [6.07, 6.45) is 0.970. The molecule has 5 nitrogen and oxygen atoms in total. The van der Waals surface area contributed by atoms with Crippen LogP contribution in [0.5, 0.6) is 0 Å². The van der Waals surface area contributed by atoms with Gasteiger partial charge in [0.15, 0.2) is 0 Å². The van der Waals surface area contributed by atoms with E-state index in [4.69, 9.17) is 9.66 Å². The minimum Gasteiger partial charge on any atom is -1.00 e. The molecule has 72 valence electrons. The van der Waals surface area contributed by atoms with Gasteiger partial charge in [0, 0.05) is 5.57 Å². The Balaban J connectivity index is -0.000000605. The molecule has 0 aliphatic rings. The second-order valence-corrected chi connectivity index (χ2v) is 4.15. The summed E-state index contributed by atoms with van der Waals surface area (Å²) in [4.78, 5) is 10.2. The van der Waals surface area contributed by atoms with Gasteiger partial charge in [-0.15, -0.1) is 0 Å². The van der Waals surface area contributed by atoms with Crippen molar-refractivity contribution < 1.29 is 53.9 Å². The van der Waals surface area contributed by atoms with Gasteiger partial charge in [0.05, 0.1) is 0 Å². The molecule has 7 heteroatoms. The molecule has 0 aromatic carbocycles. The molecule has 0 heterocycles. The van der Waals surface area contributed by atoms with Crippen LogP contribution in [-0.4, -0.2) is 29.3 Å². The molecule has 1 unspecified atom stereocenters. The van der Waals surface area contributed by atoms with Crippen LogP contribution in [0.15, 0.2) is 11.6 Å². The van der Waals surface area contributed by atoms with E-state index in [1.165, 1.54) is 13.8 Å². The minimum atomic E-state index is -4.17. The number of hydrogen-bond donors (Lipinski definition) is 2. The zero-order valence-electron chi connectivity index (χ0n) is 8.68. The first-order valence-electron chi connectivity index (χ1n) is 3.13. The Morgan fingerprint density at radius 2 is 1.92 bits per heavy atom. The molecule has 0 amide bonds. The Bertz CT molecular complexity index is 310. The molecule has 0 bridgehead atoms. The van der Waals surface area contributed by atoms with Crippen molar-refractivity contribution in [2.75, 3.05) is 0 Å². The third kappa shape index (κ3) is 6.23. The van der Waals surface area contributed by atoms with Crippen molar-refractivity contribution in [2.24, 2.45) is 0 Å². The van der Waals surface area contributed by atoms with Gasteiger partial charge >= 0.3 is 35.5 Å². The fourth-order valence-electron chi connectivity index (χ4n) is 0.509. The van der Waals surface area contributed by atoms with Gasteiger partial charge in [-0.05, 0) is 13.8 Å². The summed E-state index contributed by atoms with van der Waals surface area (Å²) < 4.78 is 29.3. The summed E-state index contributed by atoms with van der Waals surface area (Å²) in [5.41, 5.74) is -0.111. The maximum atomic E-state index is 10.4. The molecule has 0 spiro atoms. The maximum Gasteiger partial charge on any atom is 1.00 e. The van der Waals surface area contributed by atoms with Crippen molar-refractivity contribution in [2.45, 2.75) is 19.1 Å². The van der Waals surface area contributed by atoms with Crippen LogP contribution in [0.3, 0.4) is 0 Å². The molecule has 0 aliphatic heterocycles. The molecule has 0 saturated carbocycles. The number of rotatable bonds is 3. The first-order valence-corrected chi connectivity index (χ1v) is 4.63. The van der Waals surface area contributed by atoms with E-state index in [0.717, 1.165) is 6.08 Å². The first kappa shape index (κ1) is 15.6. The Labute approximate surface area is 100 Å². The molecule has 2 N–H and O–H groups in total. The van der Waals surface area contributed by atoms with E-state index < -0.39 is 21.3 Å². The molecular weight excluding hydrogens is 207 g/mol. The largest absolute Gasteiger partial charge is 1.00 e. The maximum absolute atomic E-state index is 10.4. The van der Waals surface area contributed by atoms with E-state index in [1.54, 1.807) is 0 Å². The van der Waals surface area contributed by atoms with Gasteiger partial charge in [-0.1, -0.05) is 6.08 Å². The van der Waals surface area contributed by atoms with E-state index in [1.807, 2.05) is 0 Å². The van der Waals surface area contributed by atoms with Crippen molar-refractivity contribution >= 4 is 16.1 Å². The molecule has 0 aromatic rings. The topological polar surface area (TPSA) is 91.7 Å². The monoisotopic (exact) mass is 218 g/mol. The van der Waals surface area contributed by atoms with Gasteiger partial charge in [-0.25, -0.2) is 4.79 Å². The van der Waals surface area contributed by atoms with Crippen LogP contribution in [0.4, 0.5) is 0 Å². The van der Waals surface area contributed by atoms with Crippen LogP contribution < -0.4 is 29.6 Å². The Kier molecular flexibility index (Phi) is 6.91. The smallest absolute Gasteiger partial charge is 1.00 e. The number of carboxylic acids is 1. The molecule has 0 fully saturated rings. The van der Waals surface area contributed by atoms with Crippen molar-refractivity contribution in [3.63, 3.8) is 0 Å². The van der Waals surface area contributed by atoms with E-state index >= 15 is 0 Å². The van der Waals surface area contributed by atoms with Crippen LogP contribution in [-0.2, 0) is 14.9 Å². The predicted octanol–water partition coefficient (Wildman–Crippen LogP) is -2.59. The van der Waals surface area contributed by atoms with Gasteiger partial charge in [0.25, 0.3) is 10.1 Å². The number of carboxylic acid groups (broad SMARTS) is 1. The van der Waals surface area contributed by atoms with E-state index in [2.05, 4.69) is 0 Å². The van der Waals surface area contributed by atoms with Crippen molar-refractivity contribution in [1.29, 1.82) is 0 Å². The zero-order chi connectivity index (χ0) is 9.94. The van der Waals surface area contributed by atoms with Crippen molar-refractivity contribution in [1.82, 2.24) is 0 Å². The molecule has 13 heavy (non-hydrogen) atoms. The fourth-order valence-corrected chi connectivity index (χ4v) is 0.885. The average Bonchev–Trinajstić information content (AvgIpc) is 1.85. The quantitative estimate of drug-likeness (QED) is 0.308. The second-order valence-electron chi connectivity index (χ2n) is 2.37. The Morgan fingerprint density at radius 1 is 1.54 bits per heavy atom. The van der Waals surface area contributed by atoms with Crippen molar-refractivity contribution in [3.8, 4) is 0 Å². The first-order chi connectivity index (χ1) is 5.25. The van der Waals surface area contributed by atoms with Gasteiger partial charge in [0.1, 0.15) is 5.25 Å². The van der Waals surface area contributed by atoms with Gasteiger partial charge in [0.2, 0.25) is 0 Å². The van der Waals surface area contributed by atoms with E-state index in [-0.39, 0.29) is 36.6 Å². The fraction of sp³-hybridized carbons (Fsp3) is 0.500. The normalized spacial score (nSPS) is 14.5. The number of hydrogen-bond acceptors (Lipinski definition) is 3. The molecule has 0 radical (unpaired) electrons. The van der Waals surface area contributed by atoms with Crippen LogP contribution in [0.2, 0.25) is 0 Å². The summed E-state index contributed by atoms with van der Waals surface area (Å²) in [6.45, 7) is 2.45. The Hall–Kier alpha value is 0.120. The third-order valence-electron chi connectivity index (χ3n) is 1.29. The van der Waals surface area contributed by atoms with Gasteiger partial charge < -0.3 is 6.53 Å². The minimum absolute atomic E-state index is 0. The summed E-state index contributed by atoms with van der Waals surface area (Å²) in [5, 5.41) is 7.17. The second kappa shape index (κ2) is 5.77. The molecule has 0 rings (SSSR count). The standard InChI is InChI=1S/C6H10O5S.Na.H/c1-4(6(7)8)3-5(2)12(9,10)11;;/h3,5H,1-2H3,(H,7,8)(H,9,10,11);;/q;+1;-1. The summed E-state index contributed by atoms with van der Waals surface area (Å²) in [7, 11) is -4.17. The Morgan fingerprint density at radius 3 is 2.15 bits per heavy atom. The van der Waals surface area contributed by atoms with E-state index in [9.17, 15) is 13.2 Å². The summed E-state index contributed by atoms with van der Waals surface area (Å²) in [5.74, 6) is -1.20. The van der Waals surface area contributed by atoms with Crippen LogP contribution in [0.25, 0.3) is 0 Å². The van der Waals surface area contributed by atoms with Gasteiger partial charge in [-0.3, -0.25) is 4.55 Å². The number of carbonyl (C=O) groups is 1. The third-order valence-corrected chi connectivity index (χ3v) is 2.37. The zero-order valence-corrected chi connectivity index (χ0v) is 10.5. The van der Waals surface area contributed by atoms with E-state index in [0.29, 0.717) is 0 Å². The van der Waals surface area contributed by atoms with Crippen molar-refractivity contribution in [3.05, 3.63) is 11.6 Å². The molecule has 1 atom stereocenters. The molecular formula is C6H11NaO5S. The SMILES string of the molecule is CC(=CC(C)S(=O)(=O)O)C(=O)O.[H-].[Na+]. The van der Waals surface area contributed by atoms with Crippen LogP contribution >= 0.6 is 0 Å². The predicted molar refractivity (Wildman–Crippen MR) is 43.5 cm³/mol. The average molecular weight is 218 g/mol. The van der Waals surface area contributed by atoms with Crippen LogP contribution in [0.1, 0.15) is 15.3 Å².